The van der Waals surface area contributed by atoms with Crippen molar-refractivity contribution in [2.24, 2.45) is 10.1 Å². The van der Waals surface area contributed by atoms with E-state index in [1.165, 1.54) is 12.1 Å². The van der Waals surface area contributed by atoms with Gasteiger partial charge in [0.2, 0.25) is 10.0 Å². The van der Waals surface area contributed by atoms with Crippen molar-refractivity contribution in [2.45, 2.75) is 24.4 Å². The quantitative estimate of drug-likeness (QED) is 0.517. The van der Waals surface area contributed by atoms with E-state index < -0.39 is 10.0 Å². The van der Waals surface area contributed by atoms with Crippen LogP contribution in [0.3, 0.4) is 0 Å². The molecule has 4 N–H and O–H groups in total. The summed E-state index contributed by atoms with van der Waals surface area (Å²) in [5.74, 6) is 0.546. The summed E-state index contributed by atoms with van der Waals surface area (Å²) in [4.78, 5) is 4.24. The number of guanidine groups is 1. The number of aliphatic imine (C=N–C) groups is 1. The Balaban J connectivity index is 2.04. The van der Waals surface area contributed by atoms with Gasteiger partial charge in [-0.2, -0.15) is 0 Å². The third-order valence-electron chi connectivity index (χ3n) is 3.69. The Morgan fingerprint density at radius 1 is 1.23 bits per heavy atom. The number of halogens is 2. The SMILES string of the molecule is CN=C(NCc1cccc(S(N)(=O)=O)c1)NC(C)c1ccc(Cl)cc1Cl. The first-order chi connectivity index (χ1) is 12.2. The number of primary sulfonamides is 1. The number of hydrogen-bond donors (Lipinski definition) is 3. The van der Waals surface area contributed by atoms with E-state index in [0.717, 1.165) is 11.1 Å². The predicted molar refractivity (Wildman–Crippen MR) is 106 cm³/mol. The van der Waals surface area contributed by atoms with Crippen molar-refractivity contribution in [3.05, 3.63) is 63.6 Å². The third kappa shape index (κ3) is 5.60. The molecule has 0 fully saturated rings. The minimum atomic E-state index is -3.73. The standard InChI is InChI=1S/C17H20Cl2N4O2S/c1-11(15-7-6-13(18)9-16(15)19)23-17(21-2)22-10-12-4-3-5-14(8-12)26(20,24)25/h3-9,11H,10H2,1-2H3,(H2,20,24,25)(H2,21,22,23). The van der Waals surface area contributed by atoms with Crippen LogP contribution in [0.4, 0.5) is 0 Å². The van der Waals surface area contributed by atoms with E-state index in [-0.39, 0.29) is 10.9 Å². The number of sulfonamides is 1. The smallest absolute Gasteiger partial charge is 0.238 e. The zero-order valence-corrected chi connectivity index (χ0v) is 16.7. The summed E-state index contributed by atoms with van der Waals surface area (Å²) in [6.45, 7) is 2.33. The monoisotopic (exact) mass is 414 g/mol. The molecule has 0 aliphatic heterocycles. The molecule has 2 aromatic carbocycles. The van der Waals surface area contributed by atoms with Crippen molar-refractivity contribution >= 4 is 39.2 Å². The zero-order chi connectivity index (χ0) is 19.3. The number of nitrogens with two attached hydrogens (primary N) is 1. The molecule has 26 heavy (non-hydrogen) atoms. The number of benzene rings is 2. The molecule has 9 heteroatoms. The molecule has 0 spiro atoms. The lowest BCUT2D eigenvalue weighted by molar-refractivity contribution is 0.597. The fourth-order valence-electron chi connectivity index (χ4n) is 2.35. The molecule has 0 heterocycles. The van der Waals surface area contributed by atoms with Crippen molar-refractivity contribution in [1.82, 2.24) is 10.6 Å². The van der Waals surface area contributed by atoms with E-state index in [1.54, 1.807) is 31.3 Å². The summed E-state index contributed by atoms with van der Waals surface area (Å²) in [5, 5.41) is 12.6. The maximum atomic E-state index is 11.4. The fourth-order valence-corrected chi connectivity index (χ4v) is 3.50. The van der Waals surface area contributed by atoms with Crippen molar-refractivity contribution in [1.29, 1.82) is 0 Å². The van der Waals surface area contributed by atoms with Crippen molar-refractivity contribution in [3.63, 3.8) is 0 Å². The lowest BCUT2D eigenvalue weighted by Crippen LogP contribution is -2.38. The molecule has 0 aromatic heterocycles. The molecule has 6 nitrogen and oxygen atoms in total. The number of nitrogens with zero attached hydrogens (tertiary/aromatic N) is 1. The molecule has 0 aliphatic carbocycles. The maximum absolute atomic E-state index is 11.4. The number of rotatable bonds is 5. The van der Waals surface area contributed by atoms with Crippen LogP contribution in [0, 0.1) is 0 Å². The lowest BCUT2D eigenvalue weighted by Gasteiger charge is -2.19. The molecule has 0 saturated heterocycles. The average Bonchev–Trinajstić information content (AvgIpc) is 2.57. The summed E-state index contributed by atoms with van der Waals surface area (Å²) in [6.07, 6.45) is 0. The van der Waals surface area contributed by atoms with Gasteiger partial charge in [0.05, 0.1) is 10.9 Å². The van der Waals surface area contributed by atoms with Gasteiger partial charge in [0.15, 0.2) is 5.96 Å². The Kier molecular flexibility index (Phi) is 6.88. The Labute approximate surface area is 163 Å². The van der Waals surface area contributed by atoms with Crippen LogP contribution < -0.4 is 15.8 Å². The van der Waals surface area contributed by atoms with Gasteiger partial charge in [-0.05, 0) is 42.3 Å². The molecule has 0 bridgehead atoms. The highest BCUT2D eigenvalue weighted by atomic mass is 35.5. The van der Waals surface area contributed by atoms with Crippen molar-refractivity contribution in [3.8, 4) is 0 Å². The van der Waals surface area contributed by atoms with Crippen LogP contribution in [0.2, 0.25) is 10.0 Å². The van der Waals surface area contributed by atoms with Crippen LogP contribution in [0.15, 0.2) is 52.4 Å². The zero-order valence-electron chi connectivity index (χ0n) is 14.3. The summed E-state index contributed by atoms with van der Waals surface area (Å²) in [7, 11) is -2.09. The Hall–Kier alpha value is -1.80. The van der Waals surface area contributed by atoms with E-state index >= 15 is 0 Å². The van der Waals surface area contributed by atoms with Gasteiger partial charge in [-0.1, -0.05) is 41.4 Å². The first-order valence-corrected chi connectivity index (χ1v) is 10.0. The van der Waals surface area contributed by atoms with Crippen LogP contribution in [0.1, 0.15) is 24.1 Å². The van der Waals surface area contributed by atoms with Gasteiger partial charge < -0.3 is 10.6 Å². The van der Waals surface area contributed by atoms with E-state index in [2.05, 4.69) is 15.6 Å². The average molecular weight is 415 g/mol. The van der Waals surface area contributed by atoms with Gasteiger partial charge in [0, 0.05) is 23.6 Å². The second kappa shape index (κ2) is 8.73. The molecular formula is C17H20Cl2N4O2S. The molecule has 2 aromatic rings. The van der Waals surface area contributed by atoms with Gasteiger partial charge in [0.25, 0.3) is 0 Å². The Morgan fingerprint density at radius 3 is 2.58 bits per heavy atom. The van der Waals surface area contributed by atoms with E-state index in [4.69, 9.17) is 28.3 Å². The van der Waals surface area contributed by atoms with Crippen molar-refractivity contribution < 1.29 is 8.42 Å². The maximum Gasteiger partial charge on any atom is 0.238 e. The predicted octanol–water partition coefficient (Wildman–Crippen LogP) is 3.07. The molecule has 0 saturated carbocycles. The van der Waals surface area contributed by atoms with Gasteiger partial charge in [-0.25, -0.2) is 13.6 Å². The van der Waals surface area contributed by atoms with Crippen LogP contribution in [-0.4, -0.2) is 21.4 Å². The summed E-state index contributed by atoms with van der Waals surface area (Å²) in [5.41, 5.74) is 1.65. The van der Waals surface area contributed by atoms with Gasteiger partial charge >= 0.3 is 0 Å². The molecule has 0 amide bonds. The first-order valence-electron chi connectivity index (χ1n) is 7.74. The van der Waals surface area contributed by atoms with Crippen molar-refractivity contribution in [2.75, 3.05) is 7.05 Å². The highest BCUT2D eigenvalue weighted by molar-refractivity contribution is 7.89. The van der Waals surface area contributed by atoms with Crippen LogP contribution in [0.5, 0.6) is 0 Å². The van der Waals surface area contributed by atoms with E-state index in [1.807, 2.05) is 13.0 Å². The normalized spacial score (nSPS) is 13.3. The molecule has 0 radical (unpaired) electrons. The van der Waals surface area contributed by atoms with Gasteiger partial charge in [-0.3, -0.25) is 4.99 Å². The third-order valence-corrected chi connectivity index (χ3v) is 5.17. The fraction of sp³-hybridized carbons (Fsp3) is 0.235. The summed E-state index contributed by atoms with van der Waals surface area (Å²) >= 11 is 12.2. The van der Waals surface area contributed by atoms with Crippen LogP contribution in [-0.2, 0) is 16.6 Å². The summed E-state index contributed by atoms with van der Waals surface area (Å²) < 4.78 is 22.9. The molecule has 0 aliphatic rings. The van der Waals surface area contributed by atoms with E-state index in [9.17, 15) is 8.42 Å². The minimum absolute atomic E-state index is 0.0704. The van der Waals surface area contributed by atoms with Crippen LogP contribution in [0.25, 0.3) is 0 Å². The highest BCUT2D eigenvalue weighted by Gasteiger charge is 2.12. The van der Waals surface area contributed by atoms with Crippen LogP contribution >= 0.6 is 23.2 Å². The molecule has 1 atom stereocenters. The summed E-state index contributed by atoms with van der Waals surface area (Å²) in [6, 6.07) is 11.6. The largest absolute Gasteiger partial charge is 0.352 e. The number of nitrogens with one attached hydrogen (secondary N) is 2. The highest BCUT2D eigenvalue weighted by Crippen LogP contribution is 2.26. The van der Waals surface area contributed by atoms with Gasteiger partial charge in [0.1, 0.15) is 0 Å². The van der Waals surface area contributed by atoms with Gasteiger partial charge in [-0.15, -0.1) is 0 Å². The molecule has 2 rings (SSSR count). The Morgan fingerprint density at radius 2 is 1.96 bits per heavy atom. The topological polar surface area (TPSA) is 96.6 Å². The molecule has 1 unspecified atom stereocenters. The van der Waals surface area contributed by atoms with E-state index in [0.29, 0.717) is 22.5 Å². The molecular weight excluding hydrogens is 395 g/mol. The lowest BCUT2D eigenvalue weighted by atomic mass is 10.1. The molecule has 140 valence electrons. The number of hydrogen-bond acceptors (Lipinski definition) is 3. The Bertz CT molecular complexity index is 917. The first kappa shape index (κ1) is 20.5. The minimum Gasteiger partial charge on any atom is -0.352 e. The second-order valence-corrected chi connectivity index (χ2v) is 8.06. The second-order valence-electron chi connectivity index (χ2n) is 5.65.